The number of ether oxygens (including phenoxy) is 1. The molecule has 1 saturated heterocycles. The van der Waals surface area contributed by atoms with Gasteiger partial charge in [-0.05, 0) is 18.6 Å². The van der Waals surface area contributed by atoms with Crippen LogP contribution in [0.25, 0.3) is 0 Å². The van der Waals surface area contributed by atoms with Crippen molar-refractivity contribution >= 4 is 5.97 Å². The number of nitrogens with zero attached hydrogens (tertiary/aromatic N) is 5. The van der Waals surface area contributed by atoms with Crippen LogP contribution in [-0.2, 0) is 36.3 Å². The Morgan fingerprint density at radius 1 is 1.26 bits per heavy atom. The zero-order valence-electron chi connectivity index (χ0n) is 16.5. The van der Waals surface area contributed by atoms with E-state index in [4.69, 9.17) is 14.6 Å². The summed E-state index contributed by atoms with van der Waals surface area (Å²) >= 11 is 0. The topological polar surface area (TPSA) is 120 Å². The molecule has 2 aromatic rings. The summed E-state index contributed by atoms with van der Waals surface area (Å²) in [6, 6.07) is 5.87. The van der Waals surface area contributed by atoms with E-state index in [1.807, 2.05) is 18.2 Å². The van der Waals surface area contributed by atoms with Crippen molar-refractivity contribution in [2.24, 2.45) is 7.05 Å². The van der Waals surface area contributed by atoms with Crippen molar-refractivity contribution in [1.29, 1.82) is 0 Å². The fraction of sp³-hybridized carbons (Fsp3) is 0.500. The normalized spacial score (nSPS) is 20.8. The highest BCUT2D eigenvalue weighted by atomic mass is 19.4. The molecule has 168 valence electrons. The molecule has 4 heterocycles. The first-order chi connectivity index (χ1) is 14.5. The van der Waals surface area contributed by atoms with Gasteiger partial charge in [0.15, 0.2) is 5.82 Å². The Morgan fingerprint density at radius 2 is 1.97 bits per heavy atom. The Hall–Kier alpha value is -3.06. The smallest absolute Gasteiger partial charge is 0.475 e. The fourth-order valence-electron chi connectivity index (χ4n) is 3.49. The van der Waals surface area contributed by atoms with Crippen LogP contribution >= 0.6 is 0 Å². The number of likely N-dealkylation sites (tertiary alicyclic amines) is 1. The highest BCUT2D eigenvalue weighted by Gasteiger charge is 2.43. The third-order valence-electron chi connectivity index (χ3n) is 5.00. The SMILES string of the molecule is Cn1nc2n(c(=O)c1=O)CC1(CCN(Cc3ccccn3)C1)OC2.O=C(O)C(F)(F)F. The number of aryl methyl sites for hydroxylation is 1. The summed E-state index contributed by atoms with van der Waals surface area (Å²) in [6.45, 7) is 2.97. The number of hydrogen-bond donors (Lipinski definition) is 1. The molecule has 0 aliphatic carbocycles. The van der Waals surface area contributed by atoms with Crippen molar-refractivity contribution in [3.63, 3.8) is 0 Å². The molecule has 1 atom stereocenters. The molecule has 1 N–H and O–H groups in total. The molecule has 2 aliphatic rings. The number of carbonyl (C=O) groups is 1. The molecule has 0 amide bonds. The van der Waals surface area contributed by atoms with Crippen molar-refractivity contribution in [3.05, 3.63) is 56.6 Å². The molecule has 1 fully saturated rings. The van der Waals surface area contributed by atoms with Gasteiger partial charge in [-0.25, -0.2) is 9.48 Å². The number of aliphatic carboxylic acids is 1. The summed E-state index contributed by atoms with van der Waals surface area (Å²) in [6.07, 6.45) is -2.48. The molecule has 0 radical (unpaired) electrons. The zero-order valence-corrected chi connectivity index (χ0v) is 16.5. The predicted octanol–water partition coefficient (Wildman–Crippen LogP) is 0.145. The lowest BCUT2D eigenvalue weighted by Gasteiger charge is -2.35. The Balaban J connectivity index is 0.000000339. The first-order valence-electron chi connectivity index (χ1n) is 9.24. The van der Waals surface area contributed by atoms with Crippen molar-refractivity contribution in [2.75, 3.05) is 13.1 Å². The maximum atomic E-state index is 12.3. The highest BCUT2D eigenvalue weighted by molar-refractivity contribution is 5.73. The Labute approximate surface area is 173 Å². The van der Waals surface area contributed by atoms with Gasteiger partial charge < -0.3 is 9.84 Å². The monoisotopic (exact) mass is 443 g/mol. The van der Waals surface area contributed by atoms with Crippen LogP contribution in [0.15, 0.2) is 34.0 Å². The largest absolute Gasteiger partial charge is 0.490 e. The molecule has 31 heavy (non-hydrogen) atoms. The molecule has 4 rings (SSSR count). The van der Waals surface area contributed by atoms with Gasteiger partial charge in [0, 0.05) is 32.9 Å². The molecule has 0 aromatic carbocycles. The molecular weight excluding hydrogens is 423 g/mol. The summed E-state index contributed by atoms with van der Waals surface area (Å²) in [5.41, 5.74) is -0.537. The number of aromatic nitrogens is 4. The van der Waals surface area contributed by atoms with E-state index in [0.717, 1.165) is 29.9 Å². The molecule has 13 heteroatoms. The van der Waals surface area contributed by atoms with Gasteiger partial charge in [0.05, 0.1) is 12.2 Å². The van der Waals surface area contributed by atoms with E-state index in [0.29, 0.717) is 18.9 Å². The average Bonchev–Trinajstić information content (AvgIpc) is 3.09. The molecule has 0 saturated carbocycles. The van der Waals surface area contributed by atoms with E-state index >= 15 is 0 Å². The van der Waals surface area contributed by atoms with E-state index in [1.165, 1.54) is 11.6 Å². The van der Waals surface area contributed by atoms with E-state index in [2.05, 4.69) is 15.0 Å². The van der Waals surface area contributed by atoms with E-state index < -0.39 is 28.9 Å². The minimum Gasteiger partial charge on any atom is -0.475 e. The lowest BCUT2D eigenvalue weighted by Crippen LogP contribution is -2.52. The fourth-order valence-corrected chi connectivity index (χ4v) is 3.49. The van der Waals surface area contributed by atoms with Crippen molar-refractivity contribution in [1.82, 2.24) is 24.2 Å². The molecule has 0 bridgehead atoms. The summed E-state index contributed by atoms with van der Waals surface area (Å²) in [5.74, 6) is -2.25. The van der Waals surface area contributed by atoms with Gasteiger partial charge >= 0.3 is 23.3 Å². The van der Waals surface area contributed by atoms with Crippen LogP contribution in [0.5, 0.6) is 0 Å². The summed E-state index contributed by atoms with van der Waals surface area (Å²) < 4.78 is 40.4. The van der Waals surface area contributed by atoms with E-state index in [-0.39, 0.29) is 6.61 Å². The molecule has 1 spiro atoms. The Bertz CT molecular complexity index is 1070. The molecule has 10 nitrogen and oxygen atoms in total. The van der Waals surface area contributed by atoms with Gasteiger partial charge in [0.1, 0.15) is 12.2 Å². The standard InChI is InChI=1S/C16H19N5O3.C2HF3O2/c1-19-14(22)15(23)21-11-16(24-9-13(21)18-19)5-7-20(10-16)8-12-4-2-3-6-17-12;3-2(4,5)1(6)7/h2-4,6H,5,7-11H2,1H3;(H,6,7). The average molecular weight is 443 g/mol. The van der Waals surface area contributed by atoms with Crippen molar-refractivity contribution in [2.45, 2.75) is 37.9 Å². The van der Waals surface area contributed by atoms with E-state index in [1.54, 1.807) is 6.20 Å². The van der Waals surface area contributed by atoms with Gasteiger partial charge in [-0.1, -0.05) is 6.07 Å². The van der Waals surface area contributed by atoms with Crippen LogP contribution in [0.2, 0.25) is 0 Å². The summed E-state index contributed by atoms with van der Waals surface area (Å²) in [5, 5.41) is 11.3. The Kier molecular flexibility index (Phi) is 6.27. The number of rotatable bonds is 2. The minimum absolute atomic E-state index is 0.251. The second kappa shape index (κ2) is 8.59. The van der Waals surface area contributed by atoms with E-state index in [9.17, 15) is 22.8 Å². The Morgan fingerprint density at radius 3 is 2.58 bits per heavy atom. The molecule has 2 aliphatic heterocycles. The molecule has 1 unspecified atom stereocenters. The predicted molar refractivity (Wildman–Crippen MR) is 99.1 cm³/mol. The number of alkyl halides is 3. The zero-order chi connectivity index (χ0) is 22.8. The van der Waals surface area contributed by atoms with Crippen LogP contribution < -0.4 is 11.1 Å². The molecular formula is C18H20F3N5O5. The van der Waals surface area contributed by atoms with Crippen LogP contribution in [0, 0.1) is 0 Å². The highest BCUT2D eigenvalue weighted by Crippen LogP contribution is 2.31. The second-order valence-electron chi connectivity index (χ2n) is 7.29. The van der Waals surface area contributed by atoms with Crippen LogP contribution in [0.1, 0.15) is 17.9 Å². The second-order valence-corrected chi connectivity index (χ2v) is 7.29. The number of carboxylic acids is 1. The van der Waals surface area contributed by atoms with Crippen molar-refractivity contribution < 1.29 is 27.8 Å². The van der Waals surface area contributed by atoms with Gasteiger partial charge in [-0.3, -0.25) is 24.0 Å². The van der Waals surface area contributed by atoms with Crippen molar-refractivity contribution in [3.8, 4) is 0 Å². The third kappa shape index (κ3) is 5.17. The maximum Gasteiger partial charge on any atom is 0.490 e. The van der Waals surface area contributed by atoms with Crippen LogP contribution in [0.4, 0.5) is 13.2 Å². The number of hydrogen-bond acceptors (Lipinski definition) is 7. The van der Waals surface area contributed by atoms with Gasteiger partial charge in [-0.15, -0.1) is 0 Å². The number of halogens is 3. The van der Waals surface area contributed by atoms with Crippen LogP contribution in [-0.4, -0.2) is 60.2 Å². The molecule has 2 aromatic heterocycles. The lowest BCUT2D eigenvalue weighted by atomic mass is 10.0. The summed E-state index contributed by atoms with van der Waals surface area (Å²) in [4.78, 5) is 39.6. The van der Waals surface area contributed by atoms with Crippen LogP contribution in [0.3, 0.4) is 0 Å². The lowest BCUT2D eigenvalue weighted by molar-refractivity contribution is -0.192. The van der Waals surface area contributed by atoms with Gasteiger partial charge in [0.2, 0.25) is 0 Å². The third-order valence-corrected chi connectivity index (χ3v) is 5.00. The number of fused-ring (bicyclic) bond motifs is 1. The van der Waals surface area contributed by atoms with Gasteiger partial charge in [-0.2, -0.15) is 18.3 Å². The number of pyridine rings is 1. The maximum absolute atomic E-state index is 12.3. The first-order valence-corrected chi connectivity index (χ1v) is 9.24. The number of carboxylic acid groups (broad SMARTS) is 1. The van der Waals surface area contributed by atoms with Gasteiger partial charge in [0.25, 0.3) is 0 Å². The quantitative estimate of drug-likeness (QED) is 0.652. The first kappa shape index (κ1) is 22.6. The minimum atomic E-state index is -5.08. The summed E-state index contributed by atoms with van der Waals surface area (Å²) in [7, 11) is 1.49.